The minimum Gasteiger partial charge on any atom is -0.506 e. The number of nitrogens with one attached hydrogen (secondary N) is 2. The molecule has 4 aromatic rings. The van der Waals surface area contributed by atoms with E-state index in [-0.39, 0.29) is 41.7 Å². The molecule has 3 amide bonds. The molecule has 3 aliphatic heterocycles. The van der Waals surface area contributed by atoms with Gasteiger partial charge < -0.3 is 44.2 Å². The van der Waals surface area contributed by atoms with Crippen molar-refractivity contribution in [3.63, 3.8) is 0 Å². The van der Waals surface area contributed by atoms with Crippen LogP contribution in [0.4, 0.5) is 5.69 Å². The van der Waals surface area contributed by atoms with E-state index in [4.69, 9.17) is 18.6 Å². The minimum absolute atomic E-state index is 0.00574. The Labute approximate surface area is 352 Å². The molecule has 0 unspecified atom stereocenters. The van der Waals surface area contributed by atoms with Gasteiger partial charge in [-0.2, -0.15) is 0 Å². The van der Waals surface area contributed by atoms with Gasteiger partial charge >= 0.3 is 0 Å². The van der Waals surface area contributed by atoms with E-state index in [1.165, 1.54) is 17.5 Å². The number of carbonyl (C=O) groups is 3. The third-order valence-corrected chi connectivity index (χ3v) is 12.6. The maximum atomic E-state index is 13.6. The zero-order chi connectivity index (χ0) is 41.3. The summed E-state index contributed by atoms with van der Waals surface area (Å²) in [7, 11) is 0. The number of furan rings is 1. The van der Waals surface area contributed by atoms with Crippen LogP contribution in [-0.2, 0) is 38.4 Å². The first-order valence-corrected chi connectivity index (χ1v) is 21.9. The number of amides is 3. The number of aromatic hydroxyl groups is 1. The van der Waals surface area contributed by atoms with Gasteiger partial charge in [-0.05, 0) is 80.0 Å². The fourth-order valence-corrected chi connectivity index (χ4v) is 9.28. The molecule has 1 aromatic heterocycles. The molecule has 8 rings (SSSR count). The molecule has 0 atom stereocenters. The van der Waals surface area contributed by atoms with E-state index in [0.29, 0.717) is 82.6 Å². The number of nitrogens with zero attached hydrogens (tertiary/aromatic N) is 3. The number of fused-ring (bicyclic) bond motifs is 2. The SMILES string of the molecule is O=C1COc2c(CCNCCN(C(=O)CCOCCc3cccc(CN4CCC5(CC4)CN(C(=O)c4cc6ccccc6o4)CCO5)c3)C3CCCCC3)ccc(O)c2N1. The molecule has 2 saturated heterocycles. The number of hydrogen-bond donors (Lipinski definition) is 3. The smallest absolute Gasteiger partial charge is 0.289 e. The highest BCUT2D eigenvalue weighted by atomic mass is 16.5. The van der Waals surface area contributed by atoms with E-state index in [2.05, 4.69) is 44.7 Å². The van der Waals surface area contributed by atoms with Crippen LogP contribution in [0.5, 0.6) is 11.5 Å². The van der Waals surface area contributed by atoms with Crippen LogP contribution in [0.2, 0.25) is 0 Å². The summed E-state index contributed by atoms with van der Waals surface area (Å²) < 4.78 is 23.9. The standard InChI is InChI=1S/C47H59N5O8/c53-39-14-13-36(45-44(39)49-42(54)32-58-45)15-20-48-21-24-52(38-10-2-1-3-11-38)43(55)17-27-57-26-16-34-7-6-8-35(29-34)31-50-22-18-47(19-23-50)33-51(25-28-59-47)46(56)41-30-37-9-4-5-12-40(37)60-41/h4-9,12-14,29-30,38,48,53H,1-3,10-11,15-28,31-33H2,(H,49,54). The van der Waals surface area contributed by atoms with Crippen LogP contribution < -0.4 is 15.4 Å². The monoisotopic (exact) mass is 821 g/mol. The van der Waals surface area contributed by atoms with E-state index in [9.17, 15) is 19.5 Å². The first-order chi connectivity index (χ1) is 29.3. The topological polar surface area (TPSA) is 146 Å². The lowest BCUT2D eigenvalue weighted by Gasteiger charge is -2.47. The molecule has 3 N–H and O–H groups in total. The van der Waals surface area contributed by atoms with Gasteiger partial charge in [0.15, 0.2) is 18.1 Å². The Balaban J connectivity index is 0.745. The first kappa shape index (κ1) is 41.8. The van der Waals surface area contributed by atoms with E-state index in [1.54, 1.807) is 6.07 Å². The molecule has 3 fully saturated rings. The number of phenolic OH excluding ortho intramolecular Hbond substituents is 1. The number of benzene rings is 3. The number of hydrogen-bond acceptors (Lipinski definition) is 10. The first-order valence-electron chi connectivity index (χ1n) is 21.9. The normalized spacial score (nSPS) is 18.3. The Kier molecular flexibility index (Phi) is 13.7. The van der Waals surface area contributed by atoms with Crippen molar-refractivity contribution in [2.45, 2.75) is 82.4 Å². The fourth-order valence-electron chi connectivity index (χ4n) is 9.28. The van der Waals surface area contributed by atoms with E-state index in [1.807, 2.05) is 41.3 Å². The summed E-state index contributed by atoms with van der Waals surface area (Å²) >= 11 is 0. The van der Waals surface area contributed by atoms with Gasteiger partial charge in [0, 0.05) is 50.7 Å². The number of likely N-dealkylation sites (tertiary alicyclic amines) is 1. The van der Waals surface area contributed by atoms with Crippen molar-refractivity contribution in [2.24, 2.45) is 0 Å². The summed E-state index contributed by atoms with van der Waals surface area (Å²) in [6.07, 6.45) is 9.18. The molecule has 4 aliphatic rings. The molecule has 1 saturated carbocycles. The number of para-hydroxylation sites is 1. The lowest BCUT2D eigenvalue weighted by molar-refractivity contribution is -0.135. The van der Waals surface area contributed by atoms with Crippen molar-refractivity contribution in [1.29, 1.82) is 0 Å². The second kappa shape index (κ2) is 19.6. The highest BCUT2D eigenvalue weighted by Crippen LogP contribution is 2.39. The second-order valence-electron chi connectivity index (χ2n) is 16.8. The summed E-state index contributed by atoms with van der Waals surface area (Å²) in [6, 6.07) is 21.9. The zero-order valence-corrected chi connectivity index (χ0v) is 34.6. The van der Waals surface area contributed by atoms with Crippen molar-refractivity contribution in [3.05, 3.63) is 89.2 Å². The molecular formula is C47H59N5O8. The van der Waals surface area contributed by atoms with Crippen molar-refractivity contribution in [1.82, 2.24) is 20.0 Å². The molecule has 1 spiro atoms. The third kappa shape index (κ3) is 10.3. The summed E-state index contributed by atoms with van der Waals surface area (Å²) in [6.45, 7) is 7.23. The second-order valence-corrected chi connectivity index (χ2v) is 16.8. The molecule has 13 heteroatoms. The van der Waals surface area contributed by atoms with Gasteiger partial charge in [0.25, 0.3) is 11.8 Å². The molecule has 320 valence electrons. The Hall–Kier alpha value is -4.95. The predicted octanol–water partition coefficient (Wildman–Crippen LogP) is 5.92. The van der Waals surface area contributed by atoms with E-state index >= 15 is 0 Å². The number of phenols is 1. The number of anilines is 1. The molecule has 13 nitrogen and oxygen atoms in total. The van der Waals surface area contributed by atoms with Gasteiger partial charge in [0.1, 0.15) is 17.0 Å². The lowest BCUT2D eigenvalue weighted by Crippen LogP contribution is -2.57. The summed E-state index contributed by atoms with van der Waals surface area (Å²) in [5, 5.41) is 17.3. The molecular weight excluding hydrogens is 763 g/mol. The van der Waals surface area contributed by atoms with Gasteiger partial charge in [-0.3, -0.25) is 19.3 Å². The largest absolute Gasteiger partial charge is 0.506 e. The highest BCUT2D eigenvalue weighted by molar-refractivity contribution is 5.97. The van der Waals surface area contributed by atoms with Gasteiger partial charge in [-0.1, -0.05) is 67.8 Å². The average Bonchev–Trinajstić information content (AvgIpc) is 3.71. The Morgan fingerprint density at radius 3 is 2.62 bits per heavy atom. The van der Waals surface area contributed by atoms with E-state index < -0.39 is 0 Å². The number of carbonyl (C=O) groups excluding carboxylic acids is 3. The Bertz CT molecular complexity index is 2070. The molecule has 1 aliphatic carbocycles. The van der Waals surface area contributed by atoms with Crippen molar-refractivity contribution in [3.8, 4) is 11.5 Å². The van der Waals surface area contributed by atoms with Crippen LogP contribution in [0.25, 0.3) is 11.0 Å². The van der Waals surface area contributed by atoms with Crippen molar-refractivity contribution < 1.29 is 38.1 Å². The maximum absolute atomic E-state index is 13.6. The summed E-state index contributed by atoms with van der Waals surface area (Å²) in [5.74, 6) is 0.707. The fraction of sp³-hybridized carbons (Fsp3) is 0.511. The minimum atomic E-state index is -0.323. The Morgan fingerprint density at radius 2 is 1.77 bits per heavy atom. The molecule has 0 radical (unpaired) electrons. The molecule has 4 heterocycles. The van der Waals surface area contributed by atoms with Crippen molar-refractivity contribution in [2.75, 3.05) is 77.6 Å². The maximum Gasteiger partial charge on any atom is 0.289 e. The van der Waals surface area contributed by atoms with Crippen LogP contribution in [0, 0.1) is 0 Å². The predicted molar refractivity (Wildman–Crippen MR) is 228 cm³/mol. The van der Waals surface area contributed by atoms with Gasteiger partial charge in [0.2, 0.25) is 5.91 Å². The lowest BCUT2D eigenvalue weighted by atomic mass is 9.89. The quantitative estimate of drug-likeness (QED) is 0.0921. The van der Waals surface area contributed by atoms with Crippen LogP contribution in [0.15, 0.2) is 71.1 Å². The Morgan fingerprint density at radius 1 is 0.933 bits per heavy atom. The van der Waals surface area contributed by atoms with E-state index in [0.717, 1.165) is 81.1 Å². The van der Waals surface area contributed by atoms with Crippen LogP contribution in [0.1, 0.15) is 78.6 Å². The van der Waals surface area contributed by atoms with Gasteiger partial charge in [0.05, 0.1) is 38.4 Å². The van der Waals surface area contributed by atoms with Crippen molar-refractivity contribution >= 4 is 34.4 Å². The highest BCUT2D eigenvalue weighted by Gasteiger charge is 2.41. The molecule has 60 heavy (non-hydrogen) atoms. The number of rotatable bonds is 16. The number of piperidine rings is 1. The van der Waals surface area contributed by atoms with Gasteiger partial charge in [-0.25, -0.2) is 0 Å². The summed E-state index contributed by atoms with van der Waals surface area (Å²) in [4.78, 5) is 45.2. The molecule has 3 aromatic carbocycles. The number of morpholine rings is 1. The van der Waals surface area contributed by atoms with Crippen LogP contribution in [0.3, 0.4) is 0 Å². The van der Waals surface area contributed by atoms with Crippen LogP contribution in [-0.4, -0.2) is 121 Å². The number of ether oxygens (including phenoxy) is 3. The zero-order valence-electron chi connectivity index (χ0n) is 34.6. The summed E-state index contributed by atoms with van der Waals surface area (Å²) in [5.41, 5.74) is 4.14. The van der Waals surface area contributed by atoms with Gasteiger partial charge in [-0.15, -0.1) is 0 Å². The third-order valence-electron chi connectivity index (χ3n) is 12.6. The average molecular weight is 822 g/mol. The molecule has 0 bridgehead atoms. The van der Waals surface area contributed by atoms with Crippen LogP contribution >= 0.6 is 0 Å².